The van der Waals surface area contributed by atoms with Gasteiger partial charge in [0.15, 0.2) is 0 Å². The standard InChI is InChI=1S/C9H8ClN3O2/c1-5-8-7(12(2)11-5)4-3-6(10)9(8)13(14)15/h3-4H,1-2H3. The highest BCUT2D eigenvalue weighted by atomic mass is 35.5. The lowest BCUT2D eigenvalue weighted by molar-refractivity contribution is -0.382. The molecule has 1 heterocycles. The van der Waals surface area contributed by atoms with Crippen LogP contribution in [-0.2, 0) is 7.05 Å². The number of nitro groups is 1. The number of hydrogen-bond acceptors (Lipinski definition) is 3. The smallest absolute Gasteiger partial charge is 0.267 e. The minimum Gasteiger partial charge on any atom is -0.267 e. The van der Waals surface area contributed by atoms with E-state index in [4.69, 9.17) is 11.6 Å². The van der Waals surface area contributed by atoms with Gasteiger partial charge in [-0.2, -0.15) is 5.10 Å². The maximum atomic E-state index is 10.9. The Bertz CT molecular complexity index is 562. The molecule has 15 heavy (non-hydrogen) atoms. The number of aryl methyl sites for hydroxylation is 2. The minimum absolute atomic E-state index is 0.0697. The second-order valence-corrected chi connectivity index (χ2v) is 3.66. The van der Waals surface area contributed by atoms with E-state index in [9.17, 15) is 10.1 Å². The summed E-state index contributed by atoms with van der Waals surface area (Å²) in [6.07, 6.45) is 0. The van der Waals surface area contributed by atoms with E-state index >= 15 is 0 Å². The predicted octanol–water partition coefficient (Wildman–Crippen LogP) is 2.44. The highest BCUT2D eigenvalue weighted by molar-refractivity contribution is 6.34. The molecule has 0 spiro atoms. The highest BCUT2D eigenvalue weighted by Gasteiger charge is 2.21. The summed E-state index contributed by atoms with van der Waals surface area (Å²) in [7, 11) is 1.74. The van der Waals surface area contributed by atoms with Crippen LogP contribution in [-0.4, -0.2) is 14.7 Å². The molecule has 0 unspecified atom stereocenters. The van der Waals surface area contributed by atoms with E-state index < -0.39 is 4.92 Å². The second kappa shape index (κ2) is 3.20. The summed E-state index contributed by atoms with van der Waals surface area (Å²) in [6, 6.07) is 3.24. The zero-order valence-corrected chi connectivity index (χ0v) is 8.95. The van der Waals surface area contributed by atoms with Crippen molar-refractivity contribution in [3.63, 3.8) is 0 Å². The van der Waals surface area contributed by atoms with E-state index in [1.54, 1.807) is 24.7 Å². The fourth-order valence-corrected chi connectivity index (χ4v) is 1.92. The molecule has 2 aromatic rings. The Morgan fingerprint density at radius 1 is 1.53 bits per heavy atom. The number of halogens is 1. The molecule has 0 fully saturated rings. The minimum atomic E-state index is -0.473. The first-order valence-corrected chi connectivity index (χ1v) is 4.66. The molecule has 0 radical (unpaired) electrons. The van der Waals surface area contributed by atoms with Gasteiger partial charge >= 0.3 is 0 Å². The molecule has 2 rings (SSSR count). The Kier molecular flexibility index (Phi) is 2.12. The SMILES string of the molecule is Cc1nn(C)c2ccc(Cl)c([N+](=O)[O-])c12. The van der Waals surface area contributed by atoms with Crippen LogP contribution in [0.25, 0.3) is 10.9 Å². The summed E-state index contributed by atoms with van der Waals surface area (Å²) in [5.74, 6) is 0. The molecular weight excluding hydrogens is 218 g/mol. The average molecular weight is 226 g/mol. The molecule has 1 aromatic heterocycles. The van der Waals surface area contributed by atoms with Crippen LogP contribution in [0.3, 0.4) is 0 Å². The lowest BCUT2D eigenvalue weighted by Crippen LogP contribution is -1.92. The summed E-state index contributed by atoms with van der Waals surface area (Å²) in [5, 5.41) is 15.7. The first kappa shape index (κ1) is 9.92. The number of benzene rings is 1. The number of rotatable bonds is 1. The van der Waals surface area contributed by atoms with E-state index in [1.807, 2.05) is 0 Å². The Labute approximate surface area is 90.4 Å². The van der Waals surface area contributed by atoms with E-state index in [-0.39, 0.29) is 10.7 Å². The Hall–Kier alpha value is -1.62. The van der Waals surface area contributed by atoms with Crippen molar-refractivity contribution in [1.29, 1.82) is 0 Å². The molecule has 6 heteroatoms. The Morgan fingerprint density at radius 2 is 2.20 bits per heavy atom. The molecular formula is C9H8ClN3O2. The van der Waals surface area contributed by atoms with Crippen LogP contribution in [0.4, 0.5) is 5.69 Å². The lowest BCUT2D eigenvalue weighted by Gasteiger charge is -1.98. The van der Waals surface area contributed by atoms with Crippen molar-refractivity contribution in [3.8, 4) is 0 Å². The molecule has 0 saturated heterocycles. The topological polar surface area (TPSA) is 61.0 Å². The number of hydrogen-bond donors (Lipinski definition) is 0. The van der Waals surface area contributed by atoms with E-state index in [0.717, 1.165) is 0 Å². The fourth-order valence-electron chi connectivity index (χ4n) is 1.69. The lowest BCUT2D eigenvalue weighted by atomic mass is 10.2. The van der Waals surface area contributed by atoms with Crippen LogP contribution in [0.15, 0.2) is 12.1 Å². The van der Waals surface area contributed by atoms with Gasteiger partial charge in [0.2, 0.25) is 0 Å². The van der Waals surface area contributed by atoms with Crippen molar-refractivity contribution in [2.45, 2.75) is 6.92 Å². The maximum Gasteiger partial charge on any atom is 0.299 e. The molecule has 0 saturated carbocycles. The third-order valence-electron chi connectivity index (χ3n) is 2.30. The molecule has 5 nitrogen and oxygen atoms in total. The zero-order valence-electron chi connectivity index (χ0n) is 8.19. The molecule has 0 N–H and O–H groups in total. The fraction of sp³-hybridized carbons (Fsp3) is 0.222. The van der Waals surface area contributed by atoms with Gasteiger partial charge in [-0.15, -0.1) is 0 Å². The van der Waals surface area contributed by atoms with E-state index in [2.05, 4.69) is 5.10 Å². The van der Waals surface area contributed by atoms with Gasteiger partial charge < -0.3 is 0 Å². The monoisotopic (exact) mass is 225 g/mol. The van der Waals surface area contributed by atoms with Crippen molar-refractivity contribution in [2.24, 2.45) is 7.05 Å². The predicted molar refractivity (Wildman–Crippen MR) is 57.1 cm³/mol. The molecule has 0 aliphatic heterocycles. The Balaban J connectivity index is 2.98. The highest BCUT2D eigenvalue weighted by Crippen LogP contribution is 2.34. The van der Waals surface area contributed by atoms with Gasteiger partial charge in [-0.25, -0.2) is 0 Å². The maximum absolute atomic E-state index is 10.9. The van der Waals surface area contributed by atoms with Gasteiger partial charge in [0.1, 0.15) is 10.4 Å². The van der Waals surface area contributed by atoms with Crippen LogP contribution in [0.2, 0.25) is 5.02 Å². The van der Waals surface area contributed by atoms with Crippen molar-refractivity contribution in [1.82, 2.24) is 9.78 Å². The van der Waals surface area contributed by atoms with Crippen LogP contribution >= 0.6 is 11.6 Å². The molecule has 78 valence electrons. The van der Waals surface area contributed by atoms with Crippen molar-refractivity contribution >= 4 is 28.2 Å². The molecule has 0 atom stereocenters. The number of nitrogens with zero attached hydrogens (tertiary/aromatic N) is 3. The number of nitro benzene ring substituents is 1. The molecule has 0 bridgehead atoms. The molecule has 1 aromatic carbocycles. The zero-order chi connectivity index (χ0) is 11.2. The Morgan fingerprint density at radius 3 is 2.80 bits per heavy atom. The van der Waals surface area contributed by atoms with Gasteiger partial charge in [0.25, 0.3) is 5.69 Å². The third-order valence-corrected chi connectivity index (χ3v) is 2.60. The summed E-state index contributed by atoms with van der Waals surface area (Å²) in [6.45, 7) is 1.73. The van der Waals surface area contributed by atoms with Gasteiger partial charge in [-0.05, 0) is 19.1 Å². The second-order valence-electron chi connectivity index (χ2n) is 3.26. The van der Waals surface area contributed by atoms with Gasteiger partial charge in [0, 0.05) is 7.05 Å². The van der Waals surface area contributed by atoms with E-state index in [1.165, 1.54) is 6.07 Å². The summed E-state index contributed by atoms with van der Waals surface area (Å²) in [4.78, 5) is 10.4. The molecule has 0 aliphatic carbocycles. The van der Waals surface area contributed by atoms with Crippen LogP contribution in [0.1, 0.15) is 5.69 Å². The molecule has 0 amide bonds. The van der Waals surface area contributed by atoms with Gasteiger partial charge in [0.05, 0.1) is 16.1 Å². The largest absolute Gasteiger partial charge is 0.299 e. The number of fused-ring (bicyclic) bond motifs is 1. The third kappa shape index (κ3) is 1.35. The van der Waals surface area contributed by atoms with Crippen LogP contribution < -0.4 is 0 Å². The van der Waals surface area contributed by atoms with Gasteiger partial charge in [-0.3, -0.25) is 14.8 Å². The first-order valence-electron chi connectivity index (χ1n) is 4.28. The first-order chi connectivity index (χ1) is 7.02. The van der Waals surface area contributed by atoms with Crippen molar-refractivity contribution < 1.29 is 4.92 Å². The van der Waals surface area contributed by atoms with Gasteiger partial charge in [-0.1, -0.05) is 11.6 Å². The molecule has 0 aliphatic rings. The normalized spacial score (nSPS) is 10.9. The summed E-state index contributed by atoms with van der Waals surface area (Å²) in [5.41, 5.74) is 1.25. The van der Waals surface area contributed by atoms with Crippen molar-refractivity contribution in [3.05, 3.63) is 33.0 Å². The van der Waals surface area contributed by atoms with Crippen LogP contribution in [0.5, 0.6) is 0 Å². The number of aromatic nitrogens is 2. The van der Waals surface area contributed by atoms with Crippen molar-refractivity contribution in [2.75, 3.05) is 0 Å². The summed E-state index contributed by atoms with van der Waals surface area (Å²) >= 11 is 5.80. The average Bonchev–Trinajstić information content (AvgIpc) is 2.41. The van der Waals surface area contributed by atoms with E-state index in [0.29, 0.717) is 16.6 Å². The summed E-state index contributed by atoms with van der Waals surface area (Å²) < 4.78 is 1.61. The quantitative estimate of drug-likeness (QED) is 0.553. The van der Waals surface area contributed by atoms with Crippen LogP contribution in [0, 0.1) is 17.0 Å².